The molecular formula is C21H16F3N3O2. The first-order valence-electron chi connectivity index (χ1n) is 8.59. The molecule has 0 saturated carbocycles. The summed E-state index contributed by atoms with van der Waals surface area (Å²) >= 11 is 0. The van der Waals surface area contributed by atoms with Crippen molar-refractivity contribution in [3.8, 4) is 0 Å². The molecule has 2 aromatic carbocycles. The summed E-state index contributed by atoms with van der Waals surface area (Å²) in [6, 6.07) is 14.0. The average molecular weight is 399 g/mol. The molecule has 1 aromatic heterocycles. The van der Waals surface area contributed by atoms with E-state index in [0.29, 0.717) is 0 Å². The molecule has 29 heavy (non-hydrogen) atoms. The first-order chi connectivity index (χ1) is 13.8. The number of amides is 2. The lowest BCUT2D eigenvalue weighted by molar-refractivity contribution is -0.136. The lowest BCUT2D eigenvalue weighted by Gasteiger charge is -2.13. The number of carbonyl (C=O) groups excluding carboxylic acids is 2. The van der Waals surface area contributed by atoms with Crippen LogP contribution in [-0.4, -0.2) is 16.8 Å². The Kier molecular flexibility index (Phi) is 5.92. The lowest BCUT2D eigenvalue weighted by Crippen LogP contribution is -2.23. The fourth-order valence-electron chi connectivity index (χ4n) is 2.62. The number of hydrogen-bond acceptors (Lipinski definition) is 3. The summed E-state index contributed by atoms with van der Waals surface area (Å²) in [6.45, 7) is 0.252. The Hall–Kier alpha value is -3.68. The first kappa shape index (κ1) is 20.1. The molecule has 0 radical (unpaired) electrons. The van der Waals surface area contributed by atoms with E-state index < -0.39 is 23.6 Å². The predicted octanol–water partition coefficient (Wildman–Crippen LogP) is 4.28. The number of anilines is 1. The number of nitrogens with one attached hydrogen (secondary N) is 2. The molecule has 0 atom stereocenters. The molecule has 1 heterocycles. The topological polar surface area (TPSA) is 71.1 Å². The highest BCUT2D eigenvalue weighted by atomic mass is 19.4. The highest BCUT2D eigenvalue weighted by Crippen LogP contribution is 2.34. The van der Waals surface area contributed by atoms with Gasteiger partial charge in [0.1, 0.15) is 0 Å². The number of pyridine rings is 1. The summed E-state index contributed by atoms with van der Waals surface area (Å²) < 4.78 is 39.3. The zero-order valence-corrected chi connectivity index (χ0v) is 15.0. The minimum atomic E-state index is -4.60. The summed E-state index contributed by atoms with van der Waals surface area (Å²) in [4.78, 5) is 28.7. The molecule has 0 fully saturated rings. The van der Waals surface area contributed by atoms with Gasteiger partial charge in [-0.05, 0) is 42.0 Å². The molecule has 0 aliphatic carbocycles. The fraction of sp³-hybridized carbons (Fsp3) is 0.0952. The van der Waals surface area contributed by atoms with Gasteiger partial charge in [0.15, 0.2) is 0 Å². The van der Waals surface area contributed by atoms with Crippen molar-refractivity contribution >= 4 is 17.5 Å². The Morgan fingerprint density at radius 3 is 2.31 bits per heavy atom. The smallest absolute Gasteiger partial charge is 0.348 e. The molecule has 2 amide bonds. The third-order valence-corrected chi connectivity index (χ3v) is 4.04. The van der Waals surface area contributed by atoms with Gasteiger partial charge in [0, 0.05) is 30.1 Å². The van der Waals surface area contributed by atoms with Crippen LogP contribution in [0.5, 0.6) is 0 Å². The van der Waals surface area contributed by atoms with Crippen LogP contribution >= 0.6 is 0 Å². The van der Waals surface area contributed by atoms with Crippen molar-refractivity contribution in [1.82, 2.24) is 10.3 Å². The van der Waals surface area contributed by atoms with Gasteiger partial charge in [-0.2, -0.15) is 13.2 Å². The summed E-state index contributed by atoms with van der Waals surface area (Å²) in [7, 11) is 0. The SMILES string of the molecule is O=C(NCc1cccnc1)c1cccc(C(=O)Nc2ccccc2C(F)(F)F)c1. The van der Waals surface area contributed by atoms with E-state index in [-0.39, 0.29) is 23.4 Å². The molecule has 2 N–H and O–H groups in total. The van der Waals surface area contributed by atoms with E-state index in [1.54, 1.807) is 24.5 Å². The molecule has 3 rings (SSSR count). The van der Waals surface area contributed by atoms with E-state index in [1.165, 1.54) is 42.5 Å². The Morgan fingerprint density at radius 2 is 1.62 bits per heavy atom. The molecule has 0 aliphatic heterocycles. The second-order valence-corrected chi connectivity index (χ2v) is 6.12. The molecule has 0 saturated heterocycles. The molecule has 5 nitrogen and oxygen atoms in total. The molecule has 0 unspecified atom stereocenters. The number of halogens is 3. The fourth-order valence-corrected chi connectivity index (χ4v) is 2.62. The van der Waals surface area contributed by atoms with Crippen molar-refractivity contribution in [3.05, 3.63) is 95.3 Å². The second kappa shape index (κ2) is 8.55. The number of aromatic nitrogens is 1. The van der Waals surface area contributed by atoms with E-state index in [9.17, 15) is 22.8 Å². The number of carbonyl (C=O) groups is 2. The van der Waals surface area contributed by atoms with Gasteiger partial charge in [-0.3, -0.25) is 14.6 Å². The zero-order valence-electron chi connectivity index (χ0n) is 15.0. The van der Waals surface area contributed by atoms with Crippen molar-refractivity contribution in [2.24, 2.45) is 0 Å². The van der Waals surface area contributed by atoms with E-state index in [4.69, 9.17) is 0 Å². The normalized spacial score (nSPS) is 11.0. The van der Waals surface area contributed by atoms with Gasteiger partial charge in [0.2, 0.25) is 0 Å². The number of benzene rings is 2. The zero-order chi connectivity index (χ0) is 20.9. The van der Waals surface area contributed by atoms with Gasteiger partial charge in [0.25, 0.3) is 11.8 Å². The summed E-state index contributed by atoms with van der Waals surface area (Å²) in [5.74, 6) is -1.16. The number of alkyl halides is 3. The summed E-state index contributed by atoms with van der Waals surface area (Å²) in [6.07, 6.45) is -1.37. The Labute approximate surface area is 164 Å². The van der Waals surface area contributed by atoms with Crippen molar-refractivity contribution < 1.29 is 22.8 Å². The molecule has 0 spiro atoms. The van der Waals surface area contributed by atoms with Gasteiger partial charge in [-0.25, -0.2) is 0 Å². The van der Waals surface area contributed by atoms with Crippen LogP contribution in [0.15, 0.2) is 73.1 Å². The number of para-hydroxylation sites is 1. The van der Waals surface area contributed by atoms with E-state index in [2.05, 4.69) is 15.6 Å². The van der Waals surface area contributed by atoms with E-state index in [0.717, 1.165) is 11.6 Å². The average Bonchev–Trinajstić information content (AvgIpc) is 2.72. The number of rotatable bonds is 5. The van der Waals surface area contributed by atoms with Crippen molar-refractivity contribution in [1.29, 1.82) is 0 Å². The molecular weight excluding hydrogens is 383 g/mol. The van der Waals surface area contributed by atoms with Crippen LogP contribution in [0.4, 0.5) is 18.9 Å². The Balaban J connectivity index is 1.72. The monoisotopic (exact) mass is 399 g/mol. The Bertz CT molecular complexity index is 1020. The van der Waals surface area contributed by atoms with Gasteiger partial charge in [-0.15, -0.1) is 0 Å². The molecule has 0 aliphatic rings. The van der Waals surface area contributed by atoms with Gasteiger partial charge < -0.3 is 10.6 Å². The first-order valence-corrected chi connectivity index (χ1v) is 8.59. The van der Waals surface area contributed by atoms with Gasteiger partial charge in [0.05, 0.1) is 11.3 Å². The third-order valence-electron chi connectivity index (χ3n) is 4.04. The lowest BCUT2D eigenvalue weighted by atomic mass is 10.1. The number of nitrogens with zero attached hydrogens (tertiary/aromatic N) is 1. The van der Waals surface area contributed by atoms with Crippen molar-refractivity contribution in [2.45, 2.75) is 12.7 Å². The Morgan fingerprint density at radius 1 is 0.897 bits per heavy atom. The maximum absolute atomic E-state index is 13.1. The van der Waals surface area contributed by atoms with E-state index >= 15 is 0 Å². The molecule has 148 valence electrons. The minimum Gasteiger partial charge on any atom is -0.348 e. The largest absolute Gasteiger partial charge is 0.418 e. The van der Waals surface area contributed by atoms with Crippen LogP contribution in [0.25, 0.3) is 0 Å². The third kappa shape index (κ3) is 5.19. The van der Waals surface area contributed by atoms with Crippen molar-refractivity contribution in [3.63, 3.8) is 0 Å². The summed E-state index contributed by atoms with van der Waals surface area (Å²) in [5.41, 5.74) is -0.213. The van der Waals surface area contributed by atoms with E-state index in [1.807, 2.05) is 0 Å². The van der Waals surface area contributed by atoms with Gasteiger partial charge in [-0.1, -0.05) is 24.3 Å². The minimum absolute atomic E-state index is 0.0657. The number of hydrogen-bond donors (Lipinski definition) is 2. The highest BCUT2D eigenvalue weighted by molar-refractivity contribution is 6.06. The maximum Gasteiger partial charge on any atom is 0.418 e. The molecule has 8 heteroatoms. The predicted molar refractivity (Wildman–Crippen MR) is 101 cm³/mol. The van der Waals surface area contributed by atoms with Crippen LogP contribution in [0.1, 0.15) is 31.8 Å². The van der Waals surface area contributed by atoms with Gasteiger partial charge >= 0.3 is 6.18 Å². The highest BCUT2D eigenvalue weighted by Gasteiger charge is 2.33. The van der Waals surface area contributed by atoms with Crippen LogP contribution in [0.2, 0.25) is 0 Å². The second-order valence-electron chi connectivity index (χ2n) is 6.12. The van der Waals surface area contributed by atoms with Crippen LogP contribution in [0.3, 0.4) is 0 Å². The van der Waals surface area contributed by atoms with Crippen molar-refractivity contribution in [2.75, 3.05) is 5.32 Å². The molecule has 0 bridgehead atoms. The molecule has 3 aromatic rings. The quantitative estimate of drug-likeness (QED) is 0.673. The summed E-state index contributed by atoms with van der Waals surface area (Å²) in [5, 5.41) is 4.96. The maximum atomic E-state index is 13.1. The van der Waals surface area contributed by atoms with Crippen LogP contribution in [-0.2, 0) is 12.7 Å². The standard InChI is InChI=1S/C21H16F3N3O2/c22-21(23,24)17-8-1-2-9-18(17)27-20(29)16-7-3-6-15(11-16)19(28)26-13-14-5-4-10-25-12-14/h1-12H,13H2,(H,26,28)(H,27,29). The van der Waals surface area contributed by atoms with Crippen LogP contribution < -0.4 is 10.6 Å². The van der Waals surface area contributed by atoms with Crippen LogP contribution in [0, 0.1) is 0 Å².